The number of rotatable bonds is 5. The van der Waals surface area contributed by atoms with Gasteiger partial charge in [0.15, 0.2) is 0 Å². The largest absolute Gasteiger partial charge is 0.450 e. The number of piperidine rings is 1. The molecule has 7 nitrogen and oxygen atoms in total. The second-order valence-electron chi connectivity index (χ2n) is 7.28. The Labute approximate surface area is 159 Å². The first-order valence-corrected chi connectivity index (χ1v) is 9.93. The third-order valence-corrected chi connectivity index (χ3v) is 4.77. The molecule has 146 valence electrons. The predicted molar refractivity (Wildman–Crippen MR) is 103 cm³/mol. The van der Waals surface area contributed by atoms with Gasteiger partial charge in [-0.15, -0.1) is 11.3 Å². The van der Waals surface area contributed by atoms with Crippen LogP contribution in [-0.2, 0) is 16.0 Å². The number of ether oxygens (including phenoxy) is 2. The van der Waals surface area contributed by atoms with E-state index in [-0.39, 0.29) is 6.09 Å². The van der Waals surface area contributed by atoms with Crippen LogP contribution in [0.5, 0.6) is 0 Å². The highest BCUT2D eigenvalue weighted by atomic mass is 32.1. The van der Waals surface area contributed by atoms with Crippen molar-refractivity contribution < 1.29 is 19.1 Å². The molecular formula is C18H29N3O4S. The van der Waals surface area contributed by atoms with Gasteiger partial charge >= 0.3 is 12.2 Å². The Morgan fingerprint density at radius 2 is 1.96 bits per heavy atom. The molecule has 2 rings (SSSR count). The van der Waals surface area contributed by atoms with Gasteiger partial charge in [-0.3, -0.25) is 5.32 Å². The van der Waals surface area contributed by atoms with Crippen LogP contribution >= 0.6 is 11.3 Å². The zero-order valence-electron chi connectivity index (χ0n) is 16.0. The number of amides is 2. The topological polar surface area (TPSA) is 79.9 Å². The first-order valence-electron chi connectivity index (χ1n) is 8.98. The molecule has 0 aromatic carbocycles. The Morgan fingerprint density at radius 1 is 1.27 bits per heavy atom. The highest BCUT2D eigenvalue weighted by Crippen LogP contribution is 2.22. The molecule has 0 aliphatic carbocycles. The molecule has 2 N–H and O–H groups in total. The van der Waals surface area contributed by atoms with Gasteiger partial charge in [0.1, 0.15) is 5.60 Å². The van der Waals surface area contributed by atoms with Gasteiger partial charge in [0, 0.05) is 36.6 Å². The van der Waals surface area contributed by atoms with Crippen molar-refractivity contribution in [3.8, 4) is 0 Å². The van der Waals surface area contributed by atoms with E-state index < -0.39 is 11.7 Å². The van der Waals surface area contributed by atoms with Crippen molar-refractivity contribution in [3.63, 3.8) is 0 Å². The Kier molecular flexibility index (Phi) is 7.28. The van der Waals surface area contributed by atoms with Gasteiger partial charge in [0.2, 0.25) is 0 Å². The van der Waals surface area contributed by atoms with Gasteiger partial charge in [0.05, 0.1) is 12.3 Å². The molecular weight excluding hydrogens is 354 g/mol. The smallest absolute Gasteiger partial charge is 0.411 e. The quantitative estimate of drug-likeness (QED) is 0.808. The molecule has 1 aliphatic rings. The van der Waals surface area contributed by atoms with Crippen molar-refractivity contribution >= 4 is 29.2 Å². The van der Waals surface area contributed by atoms with Gasteiger partial charge in [-0.25, -0.2) is 9.59 Å². The standard InChI is InChI=1S/C18H29N3O4S/c1-5-24-16(22)20-15-12-26-11-13(15)10-19-14-6-8-21(9-7-14)17(23)25-18(2,3)4/h11-12,14,19H,5-10H2,1-4H3,(H,20,22). The van der Waals surface area contributed by atoms with Crippen molar-refractivity contribution in [2.24, 2.45) is 0 Å². The molecule has 0 spiro atoms. The molecule has 0 unspecified atom stereocenters. The summed E-state index contributed by atoms with van der Waals surface area (Å²) >= 11 is 1.54. The summed E-state index contributed by atoms with van der Waals surface area (Å²) in [5.74, 6) is 0. The zero-order chi connectivity index (χ0) is 19.2. The molecule has 0 saturated carbocycles. The lowest BCUT2D eigenvalue weighted by Crippen LogP contribution is -2.46. The molecule has 2 amide bonds. The van der Waals surface area contributed by atoms with Gasteiger partial charge in [-0.05, 0) is 45.9 Å². The monoisotopic (exact) mass is 383 g/mol. The van der Waals surface area contributed by atoms with Gasteiger partial charge in [0.25, 0.3) is 0 Å². The Bertz CT molecular complexity index is 604. The Hall–Kier alpha value is -1.80. The van der Waals surface area contributed by atoms with E-state index in [4.69, 9.17) is 9.47 Å². The molecule has 1 aromatic rings. The summed E-state index contributed by atoms with van der Waals surface area (Å²) in [4.78, 5) is 25.4. The van der Waals surface area contributed by atoms with Crippen LogP contribution in [-0.4, -0.2) is 48.4 Å². The van der Waals surface area contributed by atoms with Gasteiger partial charge < -0.3 is 19.7 Å². The average molecular weight is 384 g/mol. The van der Waals surface area contributed by atoms with E-state index >= 15 is 0 Å². The van der Waals surface area contributed by atoms with Crippen molar-refractivity contribution in [2.75, 3.05) is 25.0 Å². The maximum Gasteiger partial charge on any atom is 0.411 e. The van der Waals surface area contributed by atoms with Crippen molar-refractivity contribution in [2.45, 2.75) is 58.7 Å². The predicted octanol–water partition coefficient (Wildman–Crippen LogP) is 3.81. The first kappa shape index (κ1) is 20.5. The van der Waals surface area contributed by atoms with E-state index in [1.54, 1.807) is 23.2 Å². The molecule has 1 saturated heterocycles. The number of nitrogens with zero attached hydrogens (tertiary/aromatic N) is 1. The van der Waals surface area contributed by atoms with Crippen LogP contribution in [0.2, 0.25) is 0 Å². The number of carbonyl (C=O) groups is 2. The number of anilines is 1. The van der Waals surface area contributed by atoms with Crippen LogP contribution in [0, 0.1) is 0 Å². The minimum Gasteiger partial charge on any atom is -0.450 e. The lowest BCUT2D eigenvalue weighted by Gasteiger charge is -2.33. The number of carbonyl (C=O) groups excluding carboxylic acids is 2. The lowest BCUT2D eigenvalue weighted by molar-refractivity contribution is 0.0198. The van der Waals surface area contributed by atoms with Gasteiger partial charge in [-0.2, -0.15) is 0 Å². The van der Waals surface area contributed by atoms with Crippen LogP contribution in [0.15, 0.2) is 10.8 Å². The summed E-state index contributed by atoms with van der Waals surface area (Å²) < 4.78 is 10.3. The third-order valence-electron chi connectivity index (χ3n) is 3.98. The molecule has 0 bridgehead atoms. The van der Waals surface area contributed by atoms with Crippen molar-refractivity contribution in [3.05, 3.63) is 16.3 Å². The normalized spacial score (nSPS) is 15.6. The fourth-order valence-corrected chi connectivity index (χ4v) is 3.48. The molecule has 1 aromatic heterocycles. The molecule has 1 aliphatic heterocycles. The van der Waals surface area contributed by atoms with Crippen LogP contribution in [0.1, 0.15) is 46.1 Å². The number of nitrogens with one attached hydrogen (secondary N) is 2. The second kappa shape index (κ2) is 9.23. The summed E-state index contributed by atoms with van der Waals surface area (Å²) in [6, 6.07) is 0.337. The van der Waals surface area contributed by atoms with E-state index in [0.717, 1.165) is 24.1 Å². The summed E-state index contributed by atoms with van der Waals surface area (Å²) in [5.41, 5.74) is 1.36. The fraction of sp³-hybridized carbons (Fsp3) is 0.667. The number of likely N-dealkylation sites (tertiary alicyclic amines) is 1. The maximum absolute atomic E-state index is 12.1. The molecule has 1 fully saturated rings. The first-order chi connectivity index (χ1) is 12.3. The van der Waals surface area contributed by atoms with E-state index in [1.807, 2.05) is 31.5 Å². The third kappa shape index (κ3) is 6.49. The fourth-order valence-electron chi connectivity index (χ4n) is 2.69. The van der Waals surface area contributed by atoms with E-state index in [2.05, 4.69) is 10.6 Å². The summed E-state index contributed by atoms with van der Waals surface area (Å²) in [6.45, 7) is 9.79. The average Bonchev–Trinajstić information content (AvgIpc) is 2.99. The Morgan fingerprint density at radius 3 is 2.58 bits per heavy atom. The zero-order valence-corrected chi connectivity index (χ0v) is 16.8. The second-order valence-corrected chi connectivity index (χ2v) is 8.02. The van der Waals surface area contributed by atoms with Crippen molar-refractivity contribution in [1.82, 2.24) is 10.2 Å². The van der Waals surface area contributed by atoms with Crippen molar-refractivity contribution in [1.29, 1.82) is 0 Å². The highest BCUT2D eigenvalue weighted by molar-refractivity contribution is 7.08. The van der Waals surface area contributed by atoms with E-state index in [9.17, 15) is 9.59 Å². The molecule has 0 radical (unpaired) electrons. The molecule has 2 heterocycles. The highest BCUT2D eigenvalue weighted by Gasteiger charge is 2.26. The SMILES string of the molecule is CCOC(=O)Nc1cscc1CNC1CCN(C(=O)OC(C)(C)C)CC1. The van der Waals surface area contributed by atoms with Gasteiger partial charge in [-0.1, -0.05) is 0 Å². The number of hydrogen-bond donors (Lipinski definition) is 2. The van der Waals surface area contributed by atoms with Crippen LogP contribution in [0.3, 0.4) is 0 Å². The minimum absolute atomic E-state index is 0.241. The van der Waals surface area contributed by atoms with E-state index in [0.29, 0.717) is 32.3 Å². The van der Waals surface area contributed by atoms with Crippen LogP contribution in [0.4, 0.5) is 15.3 Å². The Balaban J connectivity index is 1.76. The summed E-state index contributed by atoms with van der Waals surface area (Å²) in [5, 5.41) is 10.2. The molecule has 0 atom stereocenters. The number of hydrogen-bond acceptors (Lipinski definition) is 6. The maximum atomic E-state index is 12.1. The molecule has 8 heteroatoms. The lowest BCUT2D eigenvalue weighted by atomic mass is 10.1. The minimum atomic E-state index is -0.465. The molecule has 26 heavy (non-hydrogen) atoms. The van der Waals surface area contributed by atoms with E-state index in [1.165, 1.54) is 0 Å². The number of thiophene rings is 1. The van der Waals surface area contributed by atoms with Crippen LogP contribution < -0.4 is 10.6 Å². The van der Waals surface area contributed by atoms with Crippen LogP contribution in [0.25, 0.3) is 0 Å². The summed E-state index contributed by atoms with van der Waals surface area (Å²) in [6.07, 6.45) is 1.08. The summed E-state index contributed by atoms with van der Waals surface area (Å²) in [7, 11) is 0.